The molecule has 0 radical (unpaired) electrons. The summed E-state index contributed by atoms with van der Waals surface area (Å²) in [6, 6.07) is 0. The van der Waals surface area contributed by atoms with Crippen LogP contribution in [0.4, 0.5) is 0 Å². The Labute approximate surface area is 173 Å². The van der Waals surface area contributed by atoms with Gasteiger partial charge in [-0.25, -0.2) is 4.98 Å². The maximum absolute atomic E-state index is 13.0. The van der Waals surface area contributed by atoms with Crippen LogP contribution in [-0.2, 0) is 33.7 Å². The fraction of sp³-hybridized carbons (Fsp3) is 0.619. The van der Waals surface area contributed by atoms with E-state index in [1.807, 2.05) is 0 Å². The van der Waals surface area contributed by atoms with Crippen molar-refractivity contribution in [2.75, 3.05) is 19.7 Å². The van der Waals surface area contributed by atoms with Gasteiger partial charge >= 0.3 is 5.97 Å². The second-order valence-corrected chi connectivity index (χ2v) is 8.87. The summed E-state index contributed by atoms with van der Waals surface area (Å²) >= 11 is 1.64. The average molecular weight is 418 g/mol. The highest BCUT2D eigenvalue weighted by atomic mass is 32.1. The van der Waals surface area contributed by atoms with Crippen LogP contribution in [-0.4, -0.2) is 46.0 Å². The van der Waals surface area contributed by atoms with Crippen LogP contribution in [0.25, 0.3) is 10.2 Å². The normalized spacial score (nSPS) is 17.3. The maximum atomic E-state index is 13.0. The van der Waals surface area contributed by atoms with E-state index in [9.17, 15) is 14.4 Å². The molecule has 0 saturated carbocycles. The fourth-order valence-corrected chi connectivity index (χ4v) is 5.56. The highest BCUT2D eigenvalue weighted by Gasteiger charge is 2.28. The third-order valence-corrected chi connectivity index (χ3v) is 7.18. The van der Waals surface area contributed by atoms with Gasteiger partial charge in [0.25, 0.3) is 5.56 Å². The van der Waals surface area contributed by atoms with Crippen molar-refractivity contribution in [3.05, 3.63) is 27.1 Å². The molecule has 1 saturated heterocycles. The van der Waals surface area contributed by atoms with E-state index in [0.29, 0.717) is 39.1 Å². The zero-order valence-corrected chi connectivity index (χ0v) is 17.6. The molecule has 0 aromatic carbocycles. The van der Waals surface area contributed by atoms with E-state index in [1.165, 1.54) is 16.9 Å². The molecule has 1 aliphatic heterocycles. The monoisotopic (exact) mass is 417 g/mol. The first-order valence-electron chi connectivity index (χ1n) is 10.5. The number of nitrogens with zero attached hydrogens (tertiary/aromatic N) is 3. The molecule has 29 heavy (non-hydrogen) atoms. The van der Waals surface area contributed by atoms with E-state index in [-0.39, 0.29) is 29.8 Å². The van der Waals surface area contributed by atoms with Gasteiger partial charge in [-0.1, -0.05) is 0 Å². The molecular weight excluding hydrogens is 390 g/mol. The van der Waals surface area contributed by atoms with Gasteiger partial charge in [-0.3, -0.25) is 19.0 Å². The Balaban J connectivity index is 1.39. The number of hydrogen-bond acceptors (Lipinski definition) is 6. The van der Waals surface area contributed by atoms with Gasteiger partial charge in [-0.15, -0.1) is 11.3 Å². The van der Waals surface area contributed by atoms with Crippen LogP contribution < -0.4 is 5.56 Å². The van der Waals surface area contributed by atoms with E-state index in [0.717, 1.165) is 29.5 Å². The number of rotatable bonds is 5. The first kappa shape index (κ1) is 20.1. The quantitative estimate of drug-likeness (QED) is 0.699. The highest BCUT2D eigenvalue weighted by Crippen LogP contribution is 2.33. The van der Waals surface area contributed by atoms with Crippen LogP contribution in [0.3, 0.4) is 0 Å². The largest absolute Gasteiger partial charge is 0.466 e. The third-order valence-electron chi connectivity index (χ3n) is 5.98. The van der Waals surface area contributed by atoms with Gasteiger partial charge in [0.05, 0.1) is 24.2 Å². The molecule has 1 amide bonds. The van der Waals surface area contributed by atoms with Crippen LogP contribution in [0.15, 0.2) is 11.1 Å². The zero-order chi connectivity index (χ0) is 20.4. The van der Waals surface area contributed by atoms with Crippen molar-refractivity contribution in [1.29, 1.82) is 0 Å². The lowest BCUT2D eigenvalue weighted by atomic mass is 9.97. The lowest BCUT2D eigenvalue weighted by Gasteiger charge is -2.31. The molecule has 0 unspecified atom stereocenters. The minimum Gasteiger partial charge on any atom is -0.466 e. The number of esters is 1. The molecule has 8 heteroatoms. The Morgan fingerprint density at radius 1 is 1.24 bits per heavy atom. The number of aryl methyl sites for hydroxylation is 3. The van der Waals surface area contributed by atoms with E-state index < -0.39 is 0 Å². The predicted molar refractivity (Wildman–Crippen MR) is 111 cm³/mol. The Bertz CT molecular complexity index is 972. The number of hydrogen-bond donors (Lipinski definition) is 0. The molecule has 0 atom stereocenters. The number of carbonyl (C=O) groups excluding carboxylic acids is 2. The van der Waals surface area contributed by atoms with Gasteiger partial charge in [0.1, 0.15) is 4.83 Å². The molecule has 7 nitrogen and oxygen atoms in total. The van der Waals surface area contributed by atoms with Crippen molar-refractivity contribution in [3.63, 3.8) is 0 Å². The van der Waals surface area contributed by atoms with Gasteiger partial charge in [0, 0.05) is 30.9 Å². The first-order chi connectivity index (χ1) is 14.1. The number of ether oxygens (including phenoxy) is 1. The Hall–Kier alpha value is -2.22. The smallest absolute Gasteiger partial charge is 0.309 e. The average Bonchev–Trinajstić information content (AvgIpc) is 3.12. The van der Waals surface area contributed by atoms with Crippen molar-refractivity contribution in [2.45, 2.75) is 58.4 Å². The molecular formula is C21H27N3O4S. The van der Waals surface area contributed by atoms with Crippen molar-refractivity contribution < 1.29 is 14.3 Å². The van der Waals surface area contributed by atoms with Gasteiger partial charge < -0.3 is 9.64 Å². The molecule has 156 valence electrons. The second kappa shape index (κ2) is 8.65. The Morgan fingerprint density at radius 3 is 2.76 bits per heavy atom. The van der Waals surface area contributed by atoms with Crippen molar-refractivity contribution in [1.82, 2.24) is 14.5 Å². The van der Waals surface area contributed by atoms with Crippen molar-refractivity contribution in [3.8, 4) is 0 Å². The number of fused-ring (bicyclic) bond motifs is 3. The number of aromatic nitrogens is 2. The van der Waals surface area contributed by atoms with E-state index in [1.54, 1.807) is 34.1 Å². The van der Waals surface area contributed by atoms with E-state index >= 15 is 0 Å². The first-order valence-corrected chi connectivity index (χ1v) is 11.3. The Morgan fingerprint density at radius 2 is 2.00 bits per heavy atom. The van der Waals surface area contributed by atoms with Gasteiger partial charge in [-0.05, 0) is 51.0 Å². The van der Waals surface area contributed by atoms with Crippen LogP contribution >= 0.6 is 11.3 Å². The lowest BCUT2D eigenvalue weighted by Crippen LogP contribution is -2.41. The minimum atomic E-state index is -0.162. The van der Waals surface area contributed by atoms with E-state index in [2.05, 4.69) is 4.98 Å². The molecule has 4 rings (SSSR count). The van der Waals surface area contributed by atoms with Crippen molar-refractivity contribution >= 4 is 33.4 Å². The van der Waals surface area contributed by atoms with Crippen LogP contribution in [0.5, 0.6) is 0 Å². The number of likely N-dealkylation sites (tertiary alicyclic amines) is 1. The molecule has 1 aliphatic carbocycles. The molecule has 2 aromatic heterocycles. The van der Waals surface area contributed by atoms with Gasteiger partial charge in [0.15, 0.2) is 0 Å². The standard InChI is InChI=1S/C21H27N3O4S/c1-2-28-21(27)14-7-10-23(11-8-14)17(25)9-12-24-13-22-19-18(20(24)26)15-5-3-4-6-16(15)29-19/h13-14H,2-12H2,1H3. The topological polar surface area (TPSA) is 81.5 Å². The van der Waals surface area contributed by atoms with E-state index in [4.69, 9.17) is 4.74 Å². The molecule has 0 bridgehead atoms. The minimum absolute atomic E-state index is 0.0200. The molecule has 3 heterocycles. The maximum Gasteiger partial charge on any atom is 0.309 e. The van der Waals surface area contributed by atoms with Crippen LogP contribution in [0.1, 0.15) is 49.5 Å². The number of carbonyl (C=O) groups is 2. The summed E-state index contributed by atoms with van der Waals surface area (Å²) < 4.78 is 6.65. The molecule has 1 fully saturated rings. The SMILES string of the molecule is CCOC(=O)C1CCN(C(=O)CCn2cnc3sc4c(c3c2=O)CCCC4)CC1. The van der Waals surface area contributed by atoms with Crippen LogP contribution in [0, 0.1) is 5.92 Å². The number of thiophene rings is 1. The summed E-state index contributed by atoms with van der Waals surface area (Å²) in [6.07, 6.45) is 7.40. The van der Waals surface area contributed by atoms with Gasteiger partial charge in [0.2, 0.25) is 5.91 Å². The summed E-state index contributed by atoms with van der Waals surface area (Å²) in [5, 5.41) is 0.759. The lowest BCUT2D eigenvalue weighted by molar-refractivity contribution is -0.151. The zero-order valence-electron chi connectivity index (χ0n) is 16.8. The van der Waals surface area contributed by atoms with Crippen LogP contribution in [0.2, 0.25) is 0 Å². The predicted octanol–water partition coefficient (Wildman–Crippen LogP) is 2.53. The Kier molecular flexibility index (Phi) is 5.99. The fourth-order valence-electron chi connectivity index (χ4n) is 4.34. The summed E-state index contributed by atoms with van der Waals surface area (Å²) in [5.41, 5.74) is 1.15. The summed E-state index contributed by atoms with van der Waals surface area (Å²) in [7, 11) is 0. The number of piperidine rings is 1. The summed E-state index contributed by atoms with van der Waals surface area (Å²) in [4.78, 5) is 45.8. The number of amides is 1. The molecule has 0 N–H and O–H groups in total. The molecule has 2 aromatic rings. The third kappa shape index (κ3) is 4.08. The van der Waals surface area contributed by atoms with Crippen molar-refractivity contribution in [2.24, 2.45) is 5.92 Å². The second-order valence-electron chi connectivity index (χ2n) is 7.79. The summed E-state index contributed by atoms with van der Waals surface area (Å²) in [5.74, 6) is -0.255. The van der Waals surface area contributed by atoms with Gasteiger partial charge in [-0.2, -0.15) is 0 Å². The molecule has 2 aliphatic rings. The highest BCUT2D eigenvalue weighted by molar-refractivity contribution is 7.18. The summed E-state index contributed by atoms with van der Waals surface area (Å²) in [6.45, 7) is 3.65. The molecule has 0 spiro atoms.